The number of nitro groups is 2. The summed E-state index contributed by atoms with van der Waals surface area (Å²) in [4.78, 5) is 41.4. The van der Waals surface area contributed by atoms with Crippen LogP contribution in [0.1, 0.15) is 0 Å². The van der Waals surface area contributed by atoms with Gasteiger partial charge < -0.3 is 18.8 Å². The van der Waals surface area contributed by atoms with E-state index in [0.717, 1.165) is 48.2 Å². The van der Waals surface area contributed by atoms with Gasteiger partial charge in [-0.1, -0.05) is 23.2 Å². The van der Waals surface area contributed by atoms with Crippen LogP contribution in [0.25, 0.3) is 0 Å². The molecule has 0 saturated carbocycles. The minimum atomic E-state index is -0.533. The molecule has 0 aliphatic carbocycles. The Morgan fingerprint density at radius 3 is 1.39 bits per heavy atom. The van der Waals surface area contributed by atoms with E-state index in [2.05, 4.69) is 34.0 Å². The molecule has 2 aromatic heterocycles. The molecule has 4 heterocycles. The van der Waals surface area contributed by atoms with Crippen molar-refractivity contribution in [2.45, 2.75) is 0 Å². The van der Waals surface area contributed by atoms with Crippen LogP contribution in [0.15, 0.2) is 12.7 Å². The van der Waals surface area contributed by atoms with E-state index in [9.17, 15) is 20.2 Å². The van der Waals surface area contributed by atoms with Crippen molar-refractivity contribution in [2.24, 2.45) is 0 Å². The first-order valence-electron chi connectivity index (χ1n) is 11.5. The highest BCUT2D eigenvalue weighted by Crippen LogP contribution is 2.33. The average molecular weight is 543 g/mol. The van der Waals surface area contributed by atoms with E-state index in [-0.39, 0.29) is 33.3 Å². The third kappa shape index (κ3) is 5.40. The van der Waals surface area contributed by atoms with Gasteiger partial charge in [0, 0.05) is 0 Å². The molecule has 36 heavy (non-hydrogen) atoms. The molecule has 2 aliphatic heterocycles. The van der Waals surface area contributed by atoms with Crippen molar-refractivity contribution in [1.82, 2.24) is 19.9 Å². The van der Waals surface area contributed by atoms with E-state index in [1.165, 1.54) is 12.7 Å². The molecule has 2 saturated heterocycles. The highest BCUT2D eigenvalue weighted by Gasteiger charge is 2.38. The maximum Gasteiger partial charge on any atom is 0.348 e. The second kappa shape index (κ2) is 10.2. The van der Waals surface area contributed by atoms with Gasteiger partial charge in [-0.25, -0.2) is 19.9 Å². The van der Waals surface area contributed by atoms with Gasteiger partial charge >= 0.3 is 11.4 Å². The molecule has 4 rings (SSSR count). The molecular formula is C20H28Cl2N10O4+2. The minimum Gasteiger partial charge on any atom is -0.339 e. The molecule has 0 amide bonds. The Bertz CT molecular complexity index is 1060. The summed E-state index contributed by atoms with van der Waals surface area (Å²) in [5, 5.41) is 22.6. The number of rotatable bonds is 7. The SMILES string of the molecule is C[N+]1(CC[N+]2(C)CCN(c3ncnc(Cl)c3[N+](=O)[O-])CC2)CCN(c2ncnc(Cl)c2[N+](=O)[O-])CC1. The van der Waals surface area contributed by atoms with Crippen LogP contribution < -0.4 is 9.80 Å². The Labute approximate surface area is 217 Å². The Morgan fingerprint density at radius 2 is 1.08 bits per heavy atom. The number of likely N-dealkylation sites (N-methyl/N-ethyl adjacent to an activating group) is 2. The predicted molar refractivity (Wildman–Crippen MR) is 133 cm³/mol. The number of anilines is 2. The van der Waals surface area contributed by atoms with Crippen LogP contribution in [0.4, 0.5) is 23.0 Å². The number of nitrogens with zero attached hydrogens (tertiary/aromatic N) is 10. The van der Waals surface area contributed by atoms with Crippen LogP contribution in [0.3, 0.4) is 0 Å². The van der Waals surface area contributed by atoms with Crippen molar-refractivity contribution in [3.05, 3.63) is 43.2 Å². The van der Waals surface area contributed by atoms with Crippen LogP contribution in [-0.4, -0.2) is 118 Å². The van der Waals surface area contributed by atoms with E-state index in [1.54, 1.807) is 0 Å². The Morgan fingerprint density at radius 1 is 0.750 bits per heavy atom. The van der Waals surface area contributed by atoms with Gasteiger partial charge in [-0.05, 0) is 0 Å². The van der Waals surface area contributed by atoms with Gasteiger partial charge in [0.25, 0.3) is 0 Å². The van der Waals surface area contributed by atoms with Gasteiger partial charge in [-0.15, -0.1) is 0 Å². The third-order valence-corrected chi connectivity index (χ3v) is 7.85. The maximum atomic E-state index is 11.5. The molecule has 0 bridgehead atoms. The zero-order valence-electron chi connectivity index (χ0n) is 20.1. The molecule has 0 spiro atoms. The smallest absolute Gasteiger partial charge is 0.339 e. The normalized spacial score (nSPS) is 19.2. The number of aromatic nitrogens is 4. The number of quaternary nitrogens is 2. The Hall–Kier alpha value is -2.94. The van der Waals surface area contributed by atoms with Crippen molar-refractivity contribution < 1.29 is 18.8 Å². The lowest BCUT2D eigenvalue weighted by Gasteiger charge is -2.46. The first-order valence-corrected chi connectivity index (χ1v) is 12.2. The molecule has 2 aliphatic rings. The van der Waals surface area contributed by atoms with Gasteiger partial charge in [0.1, 0.15) is 25.7 Å². The van der Waals surface area contributed by atoms with Crippen molar-refractivity contribution >= 4 is 46.2 Å². The molecule has 0 aromatic carbocycles. The highest BCUT2D eigenvalue weighted by atomic mass is 35.5. The summed E-state index contributed by atoms with van der Waals surface area (Å²) in [5.74, 6) is 0.528. The summed E-state index contributed by atoms with van der Waals surface area (Å²) in [7, 11) is 4.40. The summed E-state index contributed by atoms with van der Waals surface area (Å²) in [6.07, 6.45) is 2.50. The summed E-state index contributed by atoms with van der Waals surface area (Å²) in [6.45, 7) is 7.65. The van der Waals surface area contributed by atoms with Crippen molar-refractivity contribution in [3.8, 4) is 0 Å². The average Bonchev–Trinajstić information content (AvgIpc) is 2.83. The first kappa shape index (κ1) is 26.1. The fourth-order valence-corrected chi connectivity index (χ4v) is 5.12. The number of piperazine rings is 2. The number of hydrogen-bond acceptors (Lipinski definition) is 10. The van der Waals surface area contributed by atoms with E-state index >= 15 is 0 Å². The molecule has 0 unspecified atom stereocenters. The van der Waals surface area contributed by atoms with Gasteiger partial charge in [0.05, 0.1) is 76.3 Å². The van der Waals surface area contributed by atoms with Gasteiger partial charge in [0.15, 0.2) is 0 Å². The van der Waals surface area contributed by atoms with Crippen LogP contribution in [-0.2, 0) is 0 Å². The van der Waals surface area contributed by atoms with Crippen molar-refractivity contribution in [1.29, 1.82) is 0 Å². The van der Waals surface area contributed by atoms with E-state index < -0.39 is 9.85 Å². The summed E-state index contributed by atoms with van der Waals surface area (Å²) < 4.78 is 1.68. The lowest BCUT2D eigenvalue weighted by atomic mass is 10.2. The van der Waals surface area contributed by atoms with Gasteiger partial charge in [0.2, 0.25) is 21.9 Å². The van der Waals surface area contributed by atoms with Crippen LogP contribution in [0, 0.1) is 20.2 Å². The minimum absolute atomic E-state index is 0.154. The second-order valence-electron chi connectivity index (χ2n) is 9.74. The molecule has 2 fully saturated rings. The molecule has 0 atom stereocenters. The molecular weight excluding hydrogens is 515 g/mol. The van der Waals surface area contributed by atoms with E-state index in [0.29, 0.717) is 26.2 Å². The predicted octanol–water partition coefficient (Wildman–Crippen LogP) is 1.62. The Kier molecular flexibility index (Phi) is 7.41. The van der Waals surface area contributed by atoms with Crippen LogP contribution in [0.5, 0.6) is 0 Å². The van der Waals surface area contributed by atoms with Crippen molar-refractivity contribution in [2.75, 3.05) is 89.3 Å². The lowest BCUT2D eigenvalue weighted by Crippen LogP contribution is -2.64. The summed E-state index contributed by atoms with van der Waals surface area (Å²) >= 11 is 11.9. The topological polar surface area (TPSA) is 144 Å². The monoisotopic (exact) mass is 542 g/mol. The molecule has 0 radical (unpaired) electrons. The number of halogens is 2. The Balaban J connectivity index is 1.34. The lowest BCUT2D eigenvalue weighted by molar-refractivity contribution is -0.964. The molecule has 0 N–H and O–H groups in total. The molecule has 14 nitrogen and oxygen atoms in total. The quantitative estimate of drug-likeness (QED) is 0.219. The van der Waals surface area contributed by atoms with Crippen LogP contribution >= 0.6 is 23.2 Å². The first-order chi connectivity index (χ1) is 17.0. The van der Waals surface area contributed by atoms with Crippen LogP contribution in [0.2, 0.25) is 10.3 Å². The fraction of sp³-hybridized carbons (Fsp3) is 0.600. The second-order valence-corrected chi connectivity index (χ2v) is 10.5. The number of hydrogen-bond donors (Lipinski definition) is 0. The van der Waals surface area contributed by atoms with Crippen molar-refractivity contribution in [3.63, 3.8) is 0 Å². The highest BCUT2D eigenvalue weighted by molar-refractivity contribution is 6.32. The van der Waals surface area contributed by atoms with Gasteiger partial charge in [-0.3, -0.25) is 20.2 Å². The summed E-state index contributed by atoms with van der Waals surface area (Å²) in [6, 6.07) is 0. The molecule has 16 heteroatoms. The molecule has 194 valence electrons. The zero-order valence-corrected chi connectivity index (χ0v) is 21.6. The third-order valence-electron chi connectivity index (χ3n) is 7.30. The fourth-order valence-electron chi connectivity index (χ4n) is 4.72. The molecule has 2 aromatic rings. The van der Waals surface area contributed by atoms with Gasteiger partial charge in [-0.2, -0.15) is 0 Å². The zero-order chi connectivity index (χ0) is 26.1. The standard InChI is InChI=1S/C20H28Cl2N10O4/c1-31(7-3-27(4-8-31)19-15(29(33)34)17(21)23-13-25-19)11-12-32(2)9-5-28(6-10-32)20-16(30(35)36)18(22)24-14-26-20/h13-14H,3-12H2,1-2H3/q+2. The van der Waals surface area contributed by atoms with E-state index in [1.807, 2.05) is 9.80 Å². The maximum absolute atomic E-state index is 11.5. The van der Waals surface area contributed by atoms with E-state index in [4.69, 9.17) is 23.2 Å². The summed E-state index contributed by atoms with van der Waals surface area (Å²) in [5.41, 5.74) is -0.507. The largest absolute Gasteiger partial charge is 0.348 e.